The van der Waals surface area contributed by atoms with Crippen molar-refractivity contribution in [2.24, 2.45) is 0 Å². The lowest BCUT2D eigenvalue weighted by Crippen LogP contribution is -2.38. The molecule has 0 unspecified atom stereocenters. The second kappa shape index (κ2) is 6.09. The van der Waals surface area contributed by atoms with Gasteiger partial charge < -0.3 is 23.6 Å². The van der Waals surface area contributed by atoms with Crippen molar-refractivity contribution >= 4 is 28.6 Å². The summed E-state index contributed by atoms with van der Waals surface area (Å²) in [4.78, 5) is 25.6. The van der Waals surface area contributed by atoms with Gasteiger partial charge in [-0.25, -0.2) is 9.59 Å². The molecule has 0 bridgehead atoms. The van der Waals surface area contributed by atoms with E-state index >= 15 is 0 Å². The van der Waals surface area contributed by atoms with Crippen LogP contribution in [0.4, 0.5) is 5.69 Å². The maximum absolute atomic E-state index is 12.2. The Bertz CT molecular complexity index is 794. The predicted molar refractivity (Wildman–Crippen MR) is 78.4 cm³/mol. The number of carbonyl (C=O) groups is 2. The van der Waals surface area contributed by atoms with E-state index < -0.39 is 11.9 Å². The van der Waals surface area contributed by atoms with Crippen molar-refractivity contribution in [2.45, 2.75) is 0 Å². The predicted octanol–water partition coefficient (Wildman–Crippen LogP) is 1.22. The van der Waals surface area contributed by atoms with Gasteiger partial charge in [0, 0.05) is 17.1 Å². The van der Waals surface area contributed by atoms with E-state index in [1.54, 1.807) is 24.4 Å². The van der Waals surface area contributed by atoms with E-state index in [9.17, 15) is 9.59 Å². The van der Waals surface area contributed by atoms with Crippen molar-refractivity contribution in [3.8, 4) is 0 Å². The minimum absolute atomic E-state index is 0.0296. The number of nitrogens with zero attached hydrogens (tertiary/aromatic N) is 2. The number of anilines is 1. The van der Waals surface area contributed by atoms with Crippen LogP contribution < -0.4 is 4.90 Å². The number of esters is 2. The minimum atomic E-state index is -0.647. The van der Waals surface area contributed by atoms with Gasteiger partial charge in [-0.2, -0.15) is 0 Å². The smallest absolute Gasteiger partial charge is 0.355 e. The summed E-state index contributed by atoms with van der Waals surface area (Å²) < 4.78 is 20.0. The number of fused-ring (bicyclic) bond motifs is 1. The van der Waals surface area contributed by atoms with E-state index in [0.717, 1.165) is 5.39 Å². The Labute approximate surface area is 131 Å². The van der Waals surface area contributed by atoms with Crippen LogP contribution in [-0.2, 0) is 23.8 Å². The number of benzene rings is 1. The van der Waals surface area contributed by atoms with Crippen LogP contribution in [0.2, 0.25) is 0 Å². The molecule has 0 atom stereocenters. The SMILES string of the molecule is COC(=O)C1=C(C(=O)OC)N(c2ccc3cnoc3c2)COC1. The van der Waals surface area contributed by atoms with Crippen LogP contribution in [0.3, 0.4) is 0 Å². The molecule has 8 nitrogen and oxygen atoms in total. The molecule has 120 valence electrons. The van der Waals surface area contributed by atoms with Gasteiger partial charge in [-0.15, -0.1) is 0 Å². The topological polar surface area (TPSA) is 91.1 Å². The van der Waals surface area contributed by atoms with Gasteiger partial charge in [0.2, 0.25) is 0 Å². The summed E-state index contributed by atoms with van der Waals surface area (Å²) in [6.07, 6.45) is 1.59. The fourth-order valence-corrected chi connectivity index (χ4v) is 2.36. The maximum atomic E-state index is 12.2. The monoisotopic (exact) mass is 318 g/mol. The van der Waals surface area contributed by atoms with Crippen molar-refractivity contribution < 1.29 is 28.3 Å². The van der Waals surface area contributed by atoms with Crippen LogP contribution in [-0.4, -0.2) is 44.7 Å². The van der Waals surface area contributed by atoms with Crippen molar-refractivity contribution in [2.75, 3.05) is 32.5 Å². The van der Waals surface area contributed by atoms with Crippen molar-refractivity contribution in [1.29, 1.82) is 0 Å². The van der Waals surface area contributed by atoms with Gasteiger partial charge in [-0.1, -0.05) is 5.16 Å². The number of carbonyl (C=O) groups excluding carboxylic acids is 2. The fraction of sp³-hybridized carbons (Fsp3) is 0.267. The Balaban J connectivity index is 2.11. The number of hydrogen-bond acceptors (Lipinski definition) is 8. The summed E-state index contributed by atoms with van der Waals surface area (Å²) in [5.41, 5.74) is 1.35. The standard InChI is InChI=1S/C15H14N2O6/c1-20-14(18)11-7-22-8-17(13(11)15(19)21-2)10-4-3-9-6-16-23-12(9)5-10/h3-6H,7-8H2,1-2H3. The largest absolute Gasteiger partial charge is 0.466 e. The number of methoxy groups -OCH3 is 2. The highest BCUT2D eigenvalue weighted by Gasteiger charge is 2.32. The molecule has 2 heterocycles. The molecule has 0 saturated heterocycles. The molecule has 0 amide bonds. The third-order valence-electron chi connectivity index (χ3n) is 3.48. The average molecular weight is 318 g/mol. The van der Waals surface area contributed by atoms with Crippen LogP contribution in [0.25, 0.3) is 11.0 Å². The van der Waals surface area contributed by atoms with E-state index in [1.165, 1.54) is 19.1 Å². The zero-order valence-electron chi connectivity index (χ0n) is 12.6. The molecule has 0 aliphatic carbocycles. The molecule has 8 heteroatoms. The molecular weight excluding hydrogens is 304 g/mol. The number of aromatic nitrogens is 1. The highest BCUT2D eigenvalue weighted by atomic mass is 16.5. The van der Waals surface area contributed by atoms with Gasteiger partial charge in [0.25, 0.3) is 0 Å². The van der Waals surface area contributed by atoms with Gasteiger partial charge in [-0.05, 0) is 12.1 Å². The lowest BCUT2D eigenvalue weighted by molar-refractivity contribution is -0.140. The van der Waals surface area contributed by atoms with Gasteiger partial charge in [0.05, 0.1) is 32.6 Å². The number of hydrogen-bond donors (Lipinski definition) is 0. The van der Waals surface area contributed by atoms with Gasteiger partial charge in [-0.3, -0.25) is 0 Å². The molecule has 3 rings (SSSR count). The number of ether oxygens (including phenoxy) is 3. The lowest BCUT2D eigenvalue weighted by atomic mass is 10.1. The van der Waals surface area contributed by atoms with Crippen LogP contribution in [0.15, 0.2) is 40.2 Å². The zero-order valence-corrected chi connectivity index (χ0v) is 12.6. The number of rotatable bonds is 3. The molecule has 0 radical (unpaired) electrons. The molecule has 0 saturated carbocycles. The van der Waals surface area contributed by atoms with Gasteiger partial charge >= 0.3 is 11.9 Å². The Morgan fingerprint density at radius 3 is 2.74 bits per heavy atom. The Hall–Kier alpha value is -2.87. The molecular formula is C15H14N2O6. The summed E-state index contributed by atoms with van der Waals surface area (Å²) in [7, 11) is 2.49. The van der Waals surface area contributed by atoms with E-state index in [-0.39, 0.29) is 24.6 Å². The first-order valence-corrected chi connectivity index (χ1v) is 6.75. The molecule has 2 aromatic rings. The molecule has 1 aliphatic rings. The van der Waals surface area contributed by atoms with E-state index in [4.69, 9.17) is 18.7 Å². The van der Waals surface area contributed by atoms with E-state index in [0.29, 0.717) is 11.3 Å². The summed E-state index contributed by atoms with van der Waals surface area (Å²) in [5.74, 6) is -1.29. The highest BCUT2D eigenvalue weighted by Crippen LogP contribution is 2.29. The zero-order chi connectivity index (χ0) is 16.4. The summed E-state index contributed by atoms with van der Waals surface area (Å²) in [5, 5.41) is 4.53. The molecule has 1 aliphatic heterocycles. The highest BCUT2D eigenvalue weighted by molar-refractivity contribution is 6.03. The van der Waals surface area contributed by atoms with Gasteiger partial charge in [0.15, 0.2) is 5.58 Å². The third kappa shape index (κ3) is 2.64. The Morgan fingerprint density at radius 2 is 2.00 bits per heavy atom. The second-order valence-corrected chi connectivity index (χ2v) is 4.76. The van der Waals surface area contributed by atoms with Gasteiger partial charge in [0.1, 0.15) is 12.4 Å². The normalized spacial score (nSPS) is 15.0. The van der Waals surface area contributed by atoms with E-state index in [2.05, 4.69) is 5.16 Å². The van der Waals surface area contributed by atoms with Crippen molar-refractivity contribution in [1.82, 2.24) is 5.16 Å². The molecule has 23 heavy (non-hydrogen) atoms. The minimum Gasteiger partial charge on any atom is -0.466 e. The summed E-state index contributed by atoms with van der Waals surface area (Å²) in [6.45, 7) is 0.0583. The fourth-order valence-electron chi connectivity index (χ4n) is 2.36. The Morgan fingerprint density at radius 1 is 1.22 bits per heavy atom. The first kappa shape index (κ1) is 15.0. The van der Waals surface area contributed by atoms with Crippen LogP contribution >= 0.6 is 0 Å². The van der Waals surface area contributed by atoms with E-state index in [1.807, 2.05) is 0 Å². The van der Waals surface area contributed by atoms with Crippen LogP contribution in [0.1, 0.15) is 0 Å². The van der Waals surface area contributed by atoms with Crippen LogP contribution in [0.5, 0.6) is 0 Å². The van der Waals surface area contributed by atoms with Crippen molar-refractivity contribution in [3.63, 3.8) is 0 Å². The first-order chi connectivity index (χ1) is 11.2. The lowest BCUT2D eigenvalue weighted by Gasteiger charge is -2.31. The summed E-state index contributed by atoms with van der Waals surface area (Å²) >= 11 is 0. The third-order valence-corrected chi connectivity index (χ3v) is 3.48. The van der Waals surface area contributed by atoms with Crippen molar-refractivity contribution in [3.05, 3.63) is 35.7 Å². The maximum Gasteiger partial charge on any atom is 0.355 e. The summed E-state index contributed by atoms with van der Waals surface area (Å²) in [6, 6.07) is 5.27. The molecule has 0 fully saturated rings. The molecule has 0 N–H and O–H groups in total. The molecule has 1 aromatic heterocycles. The van der Waals surface area contributed by atoms with Crippen LogP contribution in [0, 0.1) is 0 Å². The molecule has 0 spiro atoms. The average Bonchev–Trinajstić information content (AvgIpc) is 3.07. The quantitative estimate of drug-likeness (QED) is 0.780. The Kier molecular flexibility index (Phi) is 3.98. The molecule has 1 aromatic carbocycles. The second-order valence-electron chi connectivity index (χ2n) is 4.76. The first-order valence-electron chi connectivity index (χ1n) is 6.75.